The van der Waals surface area contributed by atoms with Crippen molar-refractivity contribution in [3.63, 3.8) is 0 Å². The van der Waals surface area contributed by atoms with Crippen molar-refractivity contribution in [3.05, 3.63) is 60.9 Å². The first kappa shape index (κ1) is 15.7. The number of rotatable bonds is 5. The quantitative estimate of drug-likeness (QED) is 0.570. The van der Waals surface area contributed by atoms with Crippen LogP contribution in [0.2, 0.25) is 0 Å². The number of hydrogen-bond acceptors (Lipinski definition) is 4. The fraction of sp³-hybridized carbons (Fsp3) is 0.167. The number of methoxy groups -OCH3 is 1. The first-order valence-electron chi connectivity index (χ1n) is 7.59. The van der Waals surface area contributed by atoms with Crippen LogP contribution in [0.25, 0.3) is 0 Å². The molecule has 0 aliphatic rings. The van der Waals surface area contributed by atoms with Crippen LogP contribution in [0.1, 0.15) is 0 Å². The largest absolute Gasteiger partial charge is 0.497 e. The summed E-state index contributed by atoms with van der Waals surface area (Å²) >= 11 is 0. The summed E-state index contributed by atoms with van der Waals surface area (Å²) in [5.74, 6) is 1.63. The molecule has 0 amide bonds. The molecule has 0 aliphatic heterocycles. The third kappa shape index (κ3) is 3.60. The highest BCUT2D eigenvalue weighted by molar-refractivity contribution is 5.62. The molecule has 122 valence electrons. The molecule has 3 aromatic rings. The third-order valence-corrected chi connectivity index (χ3v) is 3.65. The number of hydrogen-bond donors (Lipinski definition) is 1. The van der Waals surface area contributed by atoms with Gasteiger partial charge in [0.25, 0.3) is 0 Å². The minimum absolute atomic E-state index is 0.787. The Labute approximate surface area is 141 Å². The van der Waals surface area contributed by atoms with Gasteiger partial charge in [-0.05, 0) is 48.5 Å². The van der Waals surface area contributed by atoms with Gasteiger partial charge in [0.15, 0.2) is 0 Å². The van der Waals surface area contributed by atoms with E-state index in [4.69, 9.17) is 4.74 Å². The molecule has 0 atom stereocenters. The summed E-state index contributed by atoms with van der Waals surface area (Å²) in [6.45, 7) is 0. The molecule has 0 saturated heterocycles. The van der Waals surface area contributed by atoms with Gasteiger partial charge in [-0.1, -0.05) is 5.11 Å². The number of aryl methyl sites for hydroxylation is 2. The van der Waals surface area contributed by atoms with Crippen LogP contribution < -0.4 is 14.6 Å². The molecule has 1 aromatic heterocycles. The molecule has 0 radical (unpaired) electrons. The Hall–Kier alpha value is -3.15. The van der Waals surface area contributed by atoms with Crippen molar-refractivity contribution in [2.75, 3.05) is 12.4 Å². The van der Waals surface area contributed by atoms with Gasteiger partial charge >= 0.3 is 5.95 Å². The van der Waals surface area contributed by atoms with Crippen molar-refractivity contribution in [2.45, 2.75) is 0 Å². The van der Waals surface area contributed by atoms with Crippen LogP contribution >= 0.6 is 0 Å². The number of anilines is 2. The Morgan fingerprint density at radius 3 is 2.12 bits per heavy atom. The number of benzene rings is 2. The molecule has 2 aromatic carbocycles. The van der Waals surface area contributed by atoms with Crippen molar-refractivity contribution in [3.8, 4) is 5.75 Å². The highest BCUT2D eigenvalue weighted by Crippen LogP contribution is 2.23. The predicted molar refractivity (Wildman–Crippen MR) is 93.5 cm³/mol. The Bertz CT molecular complexity index is 815. The second kappa shape index (κ2) is 6.95. The summed E-state index contributed by atoms with van der Waals surface area (Å²) in [4.78, 5) is 0. The van der Waals surface area contributed by atoms with Crippen LogP contribution in [0.5, 0.6) is 5.75 Å². The zero-order valence-corrected chi connectivity index (χ0v) is 14.0. The van der Waals surface area contributed by atoms with E-state index >= 15 is 0 Å². The smallest absolute Gasteiger partial charge is 0.421 e. The maximum Gasteiger partial charge on any atom is 0.421 e. The molecule has 1 heterocycles. The van der Waals surface area contributed by atoms with E-state index in [2.05, 4.69) is 15.5 Å². The van der Waals surface area contributed by atoms with Gasteiger partial charge in [-0.25, -0.2) is 9.13 Å². The van der Waals surface area contributed by atoms with E-state index in [0.29, 0.717) is 0 Å². The topological polar surface area (TPSA) is 54.8 Å². The molecule has 0 unspecified atom stereocenters. The van der Waals surface area contributed by atoms with Gasteiger partial charge in [0, 0.05) is 16.5 Å². The van der Waals surface area contributed by atoms with Crippen molar-refractivity contribution >= 4 is 23.0 Å². The summed E-state index contributed by atoms with van der Waals surface area (Å²) in [7, 11) is 5.54. The Kier molecular flexibility index (Phi) is 4.56. The van der Waals surface area contributed by atoms with E-state index in [1.807, 2.05) is 84.2 Å². The molecule has 6 nitrogen and oxygen atoms in total. The molecule has 0 aliphatic carbocycles. The van der Waals surface area contributed by atoms with E-state index in [-0.39, 0.29) is 0 Å². The van der Waals surface area contributed by atoms with E-state index in [1.165, 1.54) is 0 Å². The molecule has 24 heavy (non-hydrogen) atoms. The lowest BCUT2D eigenvalue weighted by Crippen LogP contribution is -2.25. The van der Waals surface area contributed by atoms with Crippen LogP contribution in [0.15, 0.2) is 71.2 Å². The Morgan fingerprint density at radius 2 is 1.58 bits per heavy atom. The first-order chi connectivity index (χ1) is 11.7. The normalized spacial score (nSPS) is 11.0. The number of ether oxygens (including phenoxy) is 1. The Morgan fingerprint density at radius 1 is 0.958 bits per heavy atom. The van der Waals surface area contributed by atoms with Crippen LogP contribution in [0, 0.1) is 0 Å². The predicted octanol–water partition coefficient (Wildman–Crippen LogP) is 4.02. The lowest BCUT2D eigenvalue weighted by Gasteiger charge is -2.07. The second-order valence-electron chi connectivity index (χ2n) is 5.42. The summed E-state index contributed by atoms with van der Waals surface area (Å²) in [6, 6.07) is 15.6. The second-order valence-corrected chi connectivity index (χ2v) is 5.42. The van der Waals surface area contributed by atoms with Crippen LogP contribution in [0.3, 0.4) is 0 Å². The minimum Gasteiger partial charge on any atom is -0.497 e. The van der Waals surface area contributed by atoms with Gasteiger partial charge in [-0.15, -0.1) is 0 Å². The molecule has 0 saturated carbocycles. The van der Waals surface area contributed by atoms with Crippen molar-refractivity contribution in [1.29, 1.82) is 0 Å². The number of imidazole rings is 1. The summed E-state index contributed by atoms with van der Waals surface area (Å²) in [5, 5.41) is 11.9. The van der Waals surface area contributed by atoms with Crippen molar-refractivity contribution < 1.29 is 9.30 Å². The van der Waals surface area contributed by atoms with Gasteiger partial charge < -0.3 is 10.1 Å². The summed E-state index contributed by atoms with van der Waals surface area (Å²) in [6.07, 6.45) is 3.88. The highest BCUT2D eigenvalue weighted by Gasteiger charge is 2.10. The molecule has 0 fully saturated rings. The van der Waals surface area contributed by atoms with E-state index in [0.717, 1.165) is 28.8 Å². The maximum atomic E-state index is 5.16. The number of azo groups is 1. The van der Waals surface area contributed by atoms with E-state index in [9.17, 15) is 0 Å². The fourth-order valence-electron chi connectivity index (χ4n) is 2.28. The average Bonchev–Trinajstić information content (AvgIpc) is 2.93. The molecule has 6 heteroatoms. The van der Waals surface area contributed by atoms with Gasteiger partial charge in [0.1, 0.15) is 11.4 Å². The molecular weight excluding hydrogens is 302 g/mol. The zero-order chi connectivity index (χ0) is 16.9. The number of nitrogens with zero attached hydrogens (tertiary/aromatic N) is 4. The molecular formula is C18H20N5O+. The SMILES string of the molecule is COc1ccc(Nc2ccc(/N=N/c3n(C)cc[n+]3C)cc2)cc1. The lowest BCUT2D eigenvalue weighted by atomic mass is 10.2. The maximum absolute atomic E-state index is 5.16. The minimum atomic E-state index is 0.787. The average molecular weight is 322 g/mol. The van der Waals surface area contributed by atoms with Gasteiger partial charge in [-0.3, -0.25) is 0 Å². The summed E-state index contributed by atoms with van der Waals surface area (Å²) in [5.41, 5.74) is 2.79. The van der Waals surface area contributed by atoms with Crippen LogP contribution in [-0.4, -0.2) is 11.7 Å². The number of aromatic nitrogens is 2. The monoisotopic (exact) mass is 322 g/mol. The molecule has 3 rings (SSSR count). The fourth-order valence-corrected chi connectivity index (χ4v) is 2.28. The van der Waals surface area contributed by atoms with Crippen LogP contribution in [-0.2, 0) is 14.1 Å². The van der Waals surface area contributed by atoms with Gasteiger partial charge in [-0.2, -0.15) is 0 Å². The Balaban J connectivity index is 1.68. The zero-order valence-electron chi connectivity index (χ0n) is 14.0. The van der Waals surface area contributed by atoms with Gasteiger partial charge in [0.05, 0.1) is 33.6 Å². The third-order valence-electron chi connectivity index (χ3n) is 3.65. The summed E-state index contributed by atoms with van der Waals surface area (Å²) < 4.78 is 8.99. The highest BCUT2D eigenvalue weighted by atomic mass is 16.5. The van der Waals surface area contributed by atoms with E-state index in [1.54, 1.807) is 7.11 Å². The van der Waals surface area contributed by atoms with Crippen LogP contribution in [0.4, 0.5) is 23.0 Å². The first-order valence-corrected chi connectivity index (χ1v) is 7.59. The number of nitrogens with one attached hydrogen (secondary N) is 1. The van der Waals surface area contributed by atoms with Crippen molar-refractivity contribution in [1.82, 2.24) is 4.57 Å². The molecule has 1 N–H and O–H groups in total. The standard InChI is InChI=1S/C18H19N5O/c1-22-12-13-23(2)18(22)21-20-16-6-4-14(5-7-16)19-15-8-10-17(24-3)11-9-15/h4-13H,1-3H3/p+1. The lowest BCUT2D eigenvalue weighted by molar-refractivity contribution is -0.657. The molecule has 0 bridgehead atoms. The van der Waals surface area contributed by atoms with E-state index < -0.39 is 0 Å². The van der Waals surface area contributed by atoms with Crippen molar-refractivity contribution in [2.24, 2.45) is 24.3 Å². The van der Waals surface area contributed by atoms with Gasteiger partial charge in [0.2, 0.25) is 0 Å². The molecule has 0 spiro atoms.